The van der Waals surface area contributed by atoms with Gasteiger partial charge < -0.3 is 20.1 Å². The number of aromatic amines is 1. The first kappa shape index (κ1) is 21.4. The zero-order valence-electron chi connectivity index (χ0n) is 17.9. The molecule has 0 bridgehead atoms. The highest BCUT2D eigenvalue weighted by Crippen LogP contribution is 2.33. The molecule has 174 valence electrons. The number of alkyl halides is 3. The summed E-state index contributed by atoms with van der Waals surface area (Å²) in [5.41, 5.74) is -0.573. The second kappa shape index (κ2) is 7.83. The Kier molecular flexibility index (Phi) is 5.07. The Morgan fingerprint density at radius 2 is 2.00 bits per heavy atom. The molecule has 9 nitrogen and oxygen atoms in total. The number of para-hydroxylation sites is 1. The molecule has 1 unspecified atom stereocenters. The van der Waals surface area contributed by atoms with Crippen molar-refractivity contribution in [3.8, 4) is 0 Å². The first-order valence-corrected chi connectivity index (χ1v) is 10.4. The molecule has 0 spiro atoms. The highest BCUT2D eigenvalue weighted by Gasteiger charge is 2.36. The highest BCUT2D eigenvalue weighted by atomic mass is 19.4. The zero-order chi connectivity index (χ0) is 23.3. The summed E-state index contributed by atoms with van der Waals surface area (Å²) in [5, 5.41) is 6.84. The SMILES string of the molecule is CC1CN(C)CCN1c1nc(NCc2nc3c(F)cccc3[nH]2)n2ncc(C(F)(F)F)c2n1. The molecule has 0 saturated carbocycles. The monoisotopic (exact) mass is 463 g/mol. The maximum Gasteiger partial charge on any atom is 0.421 e. The van der Waals surface area contributed by atoms with Crippen molar-refractivity contribution in [1.82, 2.24) is 34.4 Å². The number of likely N-dealkylation sites (N-methyl/N-ethyl adjacent to an activating group) is 1. The van der Waals surface area contributed by atoms with E-state index in [1.165, 1.54) is 6.07 Å². The molecule has 0 radical (unpaired) electrons. The molecule has 1 atom stereocenters. The van der Waals surface area contributed by atoms with Crippen LogP contribution in [0.1, 0.15) is 18.3 Å². The van der Waals surface area contributed by atoms with Crippen LogP contribution in [0.15, 0.2) is 24.4 Å². The van der Waals surface area contributed by atoms with Crippen LogP contribution in [0.3, 0.4) is 0 Å². The number of rotatable bonds is 4. The highest BCUT2D eigenvalue weighted by molar-refractivity contribution is 5.75. The van der Waals surface area contributed by atoms with Crippen LogP contribution in [0, 0.1) is 5.82 Å². The number of fused-ring (bicyclic) bond motifs is 2. The summed E-state index contributed by atoms with van der Waals surface area (Å²) in [6, 6.07) is 4.57. The Morgan fingerprint density at radius 1 is 1.18 bits per heavy atom. The summed E-state index contributed by atoms with van der Waals surface area (Å²) in [4.78, 5) is 19.9. The average Bonchev–Trinajstić information content (AvgIpc) is 3.36. The van der Waals surface area contributed by atoms with Crippen molar-refractivity contribution in [3.63, 3.8) is 0 Å². The normalized spacial score (nSPS) is 17.9. The Morgan fingerprint density at radius 3 is 2.73 bits per heavy atom. The summed E-state index contributed by atoms with van der Waals surface area (Å²) in [6.07, 6.45) is -3.88. The van der Waals surface area contributed by atoms with Gasteiger partial charge >= 0.3 is 6.18 Å². The first-order valence-electron chi connectivity index (χ1n) is 10.4. The third-order valence-electron chi connectivity index (χ3n) is 5.68. The van der Waals surface area contributed by atoms with Crippen LogP contribution in [-0.4, -0.2) is 67.2 Å². The number of nitrogens with zero attached hydrogens (tertiary/aromatic N) is 7. The molecule has 3 aromatic heterocycles. The second-order valence-corrected chi connectivity index (χ2v) is 8.12. The number of hydrogen-bond donors (Lipinski definition) is 2. The number of imidazole rings is 1. The molecular formula is C20H21F4N9. The van der Waals surface area contributed by atoms with Crippen molar-refractivity contribution in [2.45, 2.75) is 25.7 Å². The summed E-state index contributed by atoms with van der Waals surface area (Å²) in [6.45, 7) is 4.08. The van der Waals surface area contributed by atoms with Crippen LogP contribution < -0.4 is 10.2 Å². The third-order valence-corrected chi connectivity index (χ3v) is 5.68. The Bertz CT molecular complexity index is 1310. The van der Waals surface area contributed by atoms with Crippen molar-refractivity contribution in [2.24, 2.45) is 0 Å². The summed E-state index contributed by atoms with van der Waals surface area (Å²) in [7, 11) is 1.99. The molecule has 0 aliphatic carbocycles. The number of anilines is 2. The van der Waals surface area contributed by atoms with E-state index in [0.717, 1.165) is 23.8 Å². The Balaban J connectivity index is 1.53. The van der Waals surface area contributed by atoms with Gasteiger partial charge in [0.05, 0.1) is 18.3 Å². The van der Waals surface area contributed by atoms with E-state index in [0.29, 0.717) is 17.9 Å². The molecule has 0 amide bonds. The van der Waals surface area contributed by atoms with Gasteiger partial charge in [-0.15, -0.1) is 0 Å². The lowest BCUT2D eigenvalue weighted by Gasteiger charge is -2.38. The Hall–Kier alpha value is -3.48. The van der Waals surface area contributed by atoms with Gasteiger partial charge in [-0.3, -0.25) is 0 Å². The molecule has 1 aliphatic rings. The molecule has 4 heterocycles. The van der Waals surface area contributed by atoms with Crippen molar-refractivity contribution < 1.29 is 17.6 Å². The van der Waals surface area contributed by atoms with Gasteiger partial charge in [0, 0.05) is 25.7 Å². The number of aromatic nitrogens is 6. The maximum absolute atomic E-state index is 14.0. The quantitative estimate of drug-likeness (QED) is 0.450. The predicted molar refractivity (Wildman–Crippen MR) is 113 cm³/mol. The number of hydrogen-bond acceptors (Lipinski definition) is 7. The van der Waals surface area contributed by atoms with Crippen LogP contribution >= 0.6 is 0 Å². The van der Waals surface area contributed by atoms with E-state index in [2.05, 4.69) is 35.3 Å². The average molecular weight is 463 g/mol. The van der Waals surface area contributed by atoms with E-state index < -0.39 is 17.6 Å². The van der Waals surface area contributed by atoms with E-state index in [-0.39, 0.29) is 35.6 Å². The van der Waals surface area contributed by atoms with Crippen LogP contribution in [0.2, 0.25) is 0 Å². The number of H-pyrrole nitrogens is 1. The van der Waals surface area contributed by atoms with Gasteiger partial charge in [0.15, 0.2) is 11.5 Å². The van der Waals surface area contributed by atoms with E-state index in [1.54, 1.807) is 12.1 Å². The van der Waals surface area contributed by atoms with Crippen molar-refractivity contribution >= 4 is 28.6 Å². The molecule has 4 aromatic rings. The number of benzene rings is 1. The molecular weight excluding hydrogens is 442 g/mol. The fraction of sp³-hybridized carbons (Fsp3) is 0.400. The predicted octanol–water partition coefficient (Wildman–Crippen LogP) is 2.91. The largest absolute Gasteiger partial charge is 0.421 e. The van der Waals surface area contributed by atoms with Crippen LogP contribution in [0.25, 0.3) is 16.7 Å². The molecule has 1 saturated heterocycles. The summed E-state index contributed by atoms with van der Waals surface area (Å²) < 4.78 is 55.7. The van der Waals surface area contributed by atoms with E-state index >= 15 is 0 Å². The standard InChI is InChI=1S/C20H21F4N9/c1-11-10-31(2)6-7-32(11)19-29-17-12(20(22,23)24)8-26-33(17)18(30-19)25-9-15-27-14-5-3-4-13(21)16(14)28-15/h3-5,8,11H,6-7,9-10H2,1-2H3,(H,27,28)(H,25,29,30). The lowest BCUT2D eigenvalue weighted by Crippen LogP contribution is -2.51. The number of halogens is 4. The van der Waals surface area contributed by atoms with Crippen molar-refractivity contribution in [1.29, 1.82) is 0 Å². The van der Waals surface area contributed by atoms with Gasteiger partial charge in [-0.25, -0.2) is 9.37 Å². The van der Waals surface area contributed by atoms with Crippen LogP contribution in [0.4, 0.5) is 29.5 Å². The van der Waals surface area contributed by atoms with Crippen LogP contribution in [-0.2, 0) is 12.7 Å². The van der Waals surface area contributed by atoms with Gasteiger partial charge in [-0.05, 0) is 26.1 Å². The topological polar surface area (TPSA) is 90.3 Å². The minimum atomic E-state index is -4.62. The lowest BCUT2D eigenvalue weighted by atomic mass is 10.2. The number of piperazine rings is 1. The summed E-state index contributed by atoms with van der Waals surface area (Å²) in [5.74, 6) is 0.206. The van der Waals surface area contributed by atoms with E-state index in [4.69, 9.17) is 0 Å². The minimum Gasteiger partial charge on any atom is -0.347 e. The molecule has 1 aromatic carbocycles. The molecule has 5 rings (SSSR count). The number of nitrogens with one attached hydrogen (secondary N) is 2. The fourth-order valence-corrected chi connectivity index (χ4v) is 4.04. The van der Waals surface area contributed by atoms with Crippen molar-refractivity contribution in [3.05, 3.63) is 41.6 Å². The van der Waals surface area contributed by atoms with Gasteiger partial charge in [0.1, 0.15) is 16.9 Å². The second-order valence-electron chi connectivity index (χ2n) is 8.12. The van der Waals surface area contributed by atoms with Crippen molar-refractivity contribution in [2.75, 3.05) is 36.9 Å². The maximum atomic E-state index is 14.0. The smallest absolute Gasteiger partial charge is 0.347 e. The van der Waals surface area contributed by atoms with Gasteiger partial charge in [0.2, 0.25) is 11.9 Å². The Labute approximate surface area is 185 Å². The van der Waals surface area contributed by atoms with E-state index in [9.17, 15) is 17.6 Å². The lowest BCUT2D eigenvalue weighted by molar-refractivity contribution is -0.136. The molecule has 33 heavy (non-hydrogen) atoms. The van der Waals surface area contributed by atoms with E-state index in [1.807, 2.05) is 18.9 Å². The molecule has 1 fully saturated rings. The molecule has 13 heteroatoms. The minimum absolute atomic E-state index is 0.00894. The first-order chi connectivity index (χ1) is 15.7. The molecule has 1 aliphatic heterocycles. The summed E-state index contributed by atoms with van der Waals surface area (Å²) >= 11 is 0. The van der Waals surface area contributed by atoms with Gasteiger partial charge in [0.25, 0.3) is 0 Å². The third kappa shape index (κ3) is 3.92. The van der Waals surface area contributed by atoms with Crippen LogP contribution in [0.5, 0.6) is 0 Å². The van der Waals surface area contributed by atoms with Gasteiger partial charge in [-0.1, -0.05) is 6.07 Å². The molecule has 2 N–H and O–H groups in total. The fourth-order valence-electron chi connectivity index (χ4n) is 4.04. The van der Waals surface area contributed by atoms with Gasteiger partial charge in [-0.2, -0.15) is 32.8 Å². The zero-order valence-corrected chi connectivity index (χ0v) is 17.9.